The highest BCUT2D eigenvalue weighted by Gasteiger charge is 2.28. The highest BCUT2D eigenvalue weighted by molar-refractivity contribution is 5.14. The van der Waals surface area contributed by atoms with E-state index in [9.17, 15) is 0 Å². The van der Waals surface area contributed by atoms with E-state index in [-0.39, 0.29) is 6.04 Å². The van der Waals surface area contributed by atoms with Gasteiger partial charge in [0.15, 0.2) is 5.82 Å². The van der Waals surface area contributed by atoms with Gasteiger partial charge in [-0.05, 0) is 22.4 Å². The number of piperazine rings is 1. The Labute approximate surface area is 162 Å². The van der Waals surface area contributed by atoms with E-state index in [1.807, 2.05) is 4.68 Å². The summed E-state index contributed by atoms with van der Waals surface area (Å²) in [6.07, 6.45) is 3.47. The van der Waals surface area contributed by atoms with Crippen LogP contribution in [0.2, 0.25) is 0 Å². The lowest BCUT2D eigenvalue weighted by molar-refractivity contribution is 0.0801. The molecule has 1 aliphatic heterocycles. The van der Waals surface area contributed by atoms with E-state index >= 15 is 0 Å². The minimum atomic E-state index is 0.288. The third-order valence-corrected chi connectivity index (χ3v) is 5.29. The molecular weight excluding hydrogens is 340 g/mol. The second-order valence-electron chi connectivity index (χ2n) is 7.21. The monoisotopic (exact) mass is 372 g/mol. The van der Waals surface area contributed by atoms with Crippen LogP contribution in [0.5, 0.6) is 0 Å². The third kappa shape index (κ3) is 5.57. The Morgan fingerprint density at radius 3 is 2.59 bits per heavy atom. The van der Waals surface area contributed by atoms with Crippen LogP contribution in [0.1, 0.15) is 43.6 Å². The van der Waals surface area contributed by atoms with Crippen LogP contribution in [0.3, 0.4) is 0 Å². The van der Waals surface area contributed by atoms with Crippen LogP contribution >= 0.6 is 0 Å². The van der Waals surface area contributed by atoms with Gasteiger partial charge in [0.05, 0.1) is 19.2 Å². The molecule has 7 heteroatoms. The molecule has 27 heavy (non-hydrogen) atoms. The van der Waals surface area contributed by atoms with Gasteiger partial charge in [0, 0.05) is 39.8 Å². The van der Waals surface area contributed by atoms with Crippen molar-refractivity contribution in [3.8, 4) is 0 Å². The van der Waals surface area contributed by atoms with Gasteiger partial charge in [0.2, 0.25) is 0 Å². The number of unbranched alkanes of at least 4 members (excludes halogenated alkanes) is 1. The number of nitrogens with zero attached hydrogens (tertiary/aromatic N) is 6. The van der Waals surface area contributed by atoms with Crippen molar-refractivity contribution in [2.45, 2.75) is 45.3 Å². The Hall–Kier alpha value is -1.83. The van der Waals surface area contributed by atoms with Crippen molar-refractivity contribution in [3.05, 3.63) is 41.7 Å². The molecule has 1 fully saturated rings. The Kier molecular flexibility index (Phi) is 7.74. The number of aromatic nitrogens is 4. The van der Waals surface area contributed by atoms with Gasteiger partial charge in [0.25, 0.3) is 0 Å². The van der Waals surface area contributed by atoms with Crippen LogP contribution in [0, 0.1) is 0 Å². The molecule has 1 saturated heterocycles. The standard InChI is InChI=1S/C20H32N6O/c1-3-4-10-19(20-21-22-23-26(20)15-16-27-2)25-13-11-24(12-14-25)17-18-8-6-5-7-9-18/h5-9,19H,3-4,10-17H2,1-2H3/t19-/m1/s1. The van der Waals surface area contributed by atoms with Crippen molar-refractivity contribution in [1.29, 1.82) is 0 Å². The molecule has 148 valence electrons. The number of benzene rings is 1. The number of hydrogen-bond donors (Lipinski definition) is 0. The fourth-order valence-corrected chi connectivity index (χ4v) is 3.73. The van der Waals surface area contributed by atoms with Crippen LogP contribution in [0.15, 0.2) is 30.3 Å². The maximum Gasteiger partial charge on any atom is 0.168 e. The molecule has 0 N–H and O–H groups in total. The van der Waals surface area contributed by atoms with Gasteiger partial charge in [-0.2, -0.15) is 0 Å². The van der Waals surface area contributed by atoms with Crippen molar-refractivity contribution in [2.24, 2.45) is 0 Å². The van der Waals surface area contributed by atoms with Gasteiger partial charge in [-0.15, -0.1) is 5.10 Å². The second-order valence-corrected chi connectivity index (χ2v) is 7.21. The minimum Gasteiger partial charge on any atom is -0.383 e. The predicted octanol–water partition coefficient (Wildman–Crippen LogP) is 2.37. The predicted molar refractivity (Wildman–Crippen MR) is 105 cm³/mol. The molecule has 2 heterocycles. The fourth-order valence-electron chi connectivity index (χ4n) is 3.73. The van der Waals surface area contributed by atoms with Gasteiger partial charge in [-0.25, -0.2) is 4.68 Å². The average Bonchev–Trinajstić information content (AvgIpc) is 3.17. The van der Waals surface area contributed by atoms with Crippen LogP contribution in [0.25, 0.3) is 0 Å². The number of hydrogen-bond acceptors (Lipinski definition) is 6. The van der Waals surface area contributed by atoms with Gasteiger partial charge in [-0.1, -0.05) is 50.1 Å². The molecule has 2 aromatic rings. The maximum atomic E-state index is 5.21. The highest BCUT2D eigenvalue weighted by atomic mass is 16.5. The number of methoxy groups -OCH3 is 1. The summed E-state index contributed by atoms with van der Waals surface area (Å²) >= 11 is 0. The molecule has 1 aromatic carbocycles. The molecule has 1 atom stereocenters. The zero-order valence-electron chi connectivity index (χ0n) is 16.6. The van der Waals surface area contributed by atoms with Crippen LogP contribution in [0.4, 0.5) is 0 Å². The summed E-state index contributed by atoms with van der Waals surface area (Å²) in [6.45, 7) is 8.87. The Bertz CT molecular complexity index is 654. The summed E-state index contributed by atoms with van der Waals surface area (Å²) in [5.41, 5.74) is 1.39. The van der Waals surface area contributed by atoms with Crippen molar-refractivity contribution in [3.63, 3.8) is 0 Å². The lowest BCUT2D eigenvalue weighted by Crippen LogP contribution is -2.47. The van der Waals surface area contributed by atoms with Crippen LogP contribution in [-0.2, 0) is 17.8 Å². The summed E-state index contributed by atoms with van der Waals surface area (Å²) in [4.78, 5) is 5.10. The molecule has 0 spiro atoms. The molecule has 3 rings (SSSR count). The molecule has 0 unspecified atom stereocenters. The largest absolute Gasteiger partial charge is 0.383 e. The Morgan fingerprint density at radius 2 is 1.89 bits per heavy atom. The van der Waals surface area contributed by atoms with E-state index in [0.717, 1.165) is 45.0 Å². The summed E-state index contributed by atoms with van der Waals surface area (Å²) < 4.78 is 7.13. The first-order valence-electron chi connectivity index (χ1n) is 10.1. The molecule has 0 amide bonds. The number of ether oxygens (including phenoxy) is 1. The summed E-state index contributed by atoms with van der Waals surface area (Å²) in [5, 5.41) is 12.5. The lowest BCUT2D eigenvalue weighted by Gasteiger charge is -2.38. The van der Waals surface area contributed by atoms with E-state index in [2.05, 4.69) is 62.6 Å². The van der Waals surface area contributed by atoms with Gasteiger partial charge >= 0.3 is 0 Å². The van der Waals surface area contributed by atoms with Gasteiger partial charge in [0.1, 0.15) is 0 Å². The van der Waals surface area contributed by atoms with Crippen molar-refractivity contribution < 1.29 is 4.74 Å². The molecule has 0 saturated carbocycles. The smallest absolute Gasteiger partial charge is 0.168 e. The molecular formula is C20H32N6O. The summed E-state index contributed by atoms with van der Waals surface area (Å²) in [5.74, 6) is 0.983. The lowest BCUT2D eigenvalue weighted by atomic mass is 10.1. The molecule has 0 radical (unpaired) electrons. The van der Waals surface area contributed by atoms with E-state index < -0.39 is 0 Å². The van der Waals surface area contributed by atoms with Gasteiger partial charge in [-0.3, -0.25) is 9.80 Å². The van der Waals surface area contributed by atoms with E-state index in [4.69, 9.17) is 4.74 Å². The summed E-state index contributed by atoms with van der Waals surface area (Å²) in [6, 6.07) is 11.0. The van der Waals surface area contributed by atoms with E-state index in [1.54, 1.807) is 7.11 Å². The van der Waals surface area contributed by atoms with Crippen molar-refractivity contribution in [2.75, 3.05) is 39.9 Å². The zero-order valence-corrected chi connectivity index (χ0v) is 16.6. The maximum absolute atomic E-state index is 5.21. The first-order valence-corrected chi connectivity index (χ1v) is 10.1. The van der Waals surface area contributed by atoms with Crippen LogP contribution < -0.4 is 0 Å². The first-order chi connectivity index (χ1) is 13.3. The normalized spacial score (nSPS) is 17.3. The summed E-state index contributed by atoms with van der Waals surface area (Å²) in [7, 11) is 1.71. The first kappa shape index (κ1) is 19.9. The molecule has 0 aliphatic carbocycles. The highest BCUT2D eigenvalue weighted by Crippen LogP contribution is 2.26. The Morgan fingerprint density at radius 1 is 1.11 bits per heavy atom. The number of rotatable bonds is 10. The van der Waals surface area contributed by atoms with E-state index in [1.165, 1.54) is 18.4 Å². The van der Waals surface area contributed by atoms with Crippen molar-refractivity contribution >= 4 is 0 Å². The zero-order chi connectivity index (χ0) is 18.9. The molecule has 1 aliphatic rings. The second kappa shape index (κ2) is 10.5. The quantitative estimate of drug-likeness (QED) is 0.638. The molecule has 0 bridgehead atoms. The van der Waals surface area contributed by atoms with Crippen molar-refractivity contribution in [1.82, 2.24) is 30.0 Å². The number of tetrazole rings is 1. The average molecular weight is 373 g/mol. The van der Waals surface area contributed by atoms with Crippen LogP contribution in [-0.4, -0.2) is 69.9 Å². The van der Waals surface area contributed by atoms with E-state index in [0.29, 0.717) is 13.2 Å². The molecule has 7 nitrogen and oxygen atoms in total. The minimum absolute atomic E-state index is 0.288. The molecule has 1 aromatic heterocycles. The van der Waals surface area contributed by atoms with Gasteiger partial charge < -0.3 is 4.74 Å². The Balaban J connectivity index is 1.62. The third-order valence-electron chi connectivity index (χ3n) is 5.29. The SMILES string of the molecule is CCCC[C@H](c1nnnn1CCOC)N1CCN(Cc2ccccc2)CC1. The fraction of sp³-hybridized carbons (Fsp3) is 0.650. The topological polar surface area (TPSA) is 59.3 Å².